The molecule has 7 rings (SSSR count). The average molecular weight is 789 g/mol. The van der Waals surface area contributed by atoms with Gasteiger partial charge in [0.25, 0.3) is 0 Å². The van der Waals surface area contributed by atoms with Gasteiger partial charge in [0.2, 0.25) is 5.91 Å². The number of hydrogen-bond acceptors (Lipinski definition) is 5. The number of ketones is 1. The summed E-state index contributed by atoms with van der Waals surface area (Å²) in [7, 11) is 0. The molecule has 5 fully saturated rings. The Morgan fingerprint density at radius 2 is 1.64 bits per heavy atom. The van der Waals surface area contributed by atoms with Crippen LogP contribution in [0.25, 0.3) is 0 Å². The number of hydrogen-bond donors (Lipinski definition) is 2. The van der Waals surface area contributed by atoms with Gasteiger partial charge in [-0.15, -0.1) is 0 Å². The maximum Gasteiger partial charge on any atom is 0.309 e. The quantitative estimate of drug-likeness (QED) is 0.190. The Labute approximate surface area is 340 Å². The maximum absolute atomic E-state index is 14.2. The normalized spacial score (nSPS) is 37.2. The van der Waals surface area contributed by atoms with Crippen LogP contribution in [0.4, 0.5) is 0 Å². The lowest BCUT2D eigenvalue weighted by molar-refractivity contribution is -0.232. The molecule has 8 heteroatoms. The summed E-state index contributed by atoms with van der Waals surface area (Å²) in [5, 5.41) is 13.7. The number of benzene rings is 1. The summed E-state index contributed by atoms with van der Waals surface area (Å²) in [4.78, 5) is 53.1. The van der Waals surface area contributed by atoms with Gasteiger partial charge in [-0.25, -0.2) is 0 Å². The number of fused-ring (bicyclic) bond motifs is 7. The van der Waals surface area contributed by atoms with Crippen molar-refractivity contribution in [1.82, 2.24) is 5.32 Å². The Morgan fingerprint density at radius 3 is 2.27 bits per heavy atom. The number of esters is 1. The van der Waals surface area contributed by atoms with Crippen molar-refractivity contribution in [2.45, 2.75) is 158 Å². The second kappa shape index (κ2) is 13.6. The molecule has 56 heavy (non-hydrogen) atoms. The number of amides is 1. The predicted octanol–water partition coefficient (Wildman–Crippen LogP) is 10.8. The molecule has 7 nitrogen and oxygen atoms in total. The monoisotopic (exact) mass is 787 g/mol. The Balaban J connectivity index is 1.17. The van der Waals surface area contributed by atoms with Gasteiger partial charge in [0.15, 0.2) is 5.78 Å². The molecule has 0 aromatic heterocycles. The summed E-state index contributed by atoms with van der Waals surface area (Å²) in [6.07, 6.45) is 11.9. The Hall–Kier alpha value is -2.93. The van der Waals surface area contributed by atoms with Crippen LogP contribution in [0.3, 0.4) is 0 Å². The molecule has 0 heterocycles. The van der Waals surface area contributed by atoms with Crippen LogP contribution in [0.5, 0.6) is 0 Å². The first kappa shape index (κ1) is 41.2. The van der Waals surface area contributed by atoms with Gasteiger partial charge >= 0.3 is 11.9 Å². The number of allylic oxidation sites excluding steroid dienone is 3. The topological polar surface area (TPSA) is 110 Å². The highest BCUT2D eigenvalue weighted by Gasteiger charge is 2.70. The van der Waals surface area contributed by atoms with E-state index in [0.29, 0.717) is 28.9 Å². The summed E-state index contributed by atoms with van der Waals surface area (Å²) < 4.78 is 6.18. The van der Waals surface area contributed by atoms with E-state index in [9.17, 15) is 24.3 Å². The van der Waals surface area contributed by atoms with E-state index in [2.05, 4.69) is 59.9 Å². The first-order chi connectivity index (χ1) is 26.0. The van der Waals surface area contributed by atoms with Crippen molar-refractivity contribution >= 4 is 35.2 Å². The molecule has 5 saturated carbocycles. The molecule has 1 amide bonds. The van der Waals surface area contributed by atoms with E-state index in [1.54, 1.807) is 13.8 Å². The SMILES string of the molecule is C/C(=C\[C@@]12CC[C@]3(C)[C@H](CCC4[C@@]5(C)CC[C@H](OC(=O)CC(C)(C)C(=O)O)C(C)(C)[C@@H]5CC[C@]43C)C1=C(C(C)C)C(=O)C2)C(=O)NC1(c2cccc(Cl)c2)CC1. The van der Waals surface area contributed by atoms with Crippen LogP contribution >= 0.6 is 11.6 Å². The highest BCUT2D eigenvalue weighted by Crippen LogP contribution is 2.77. The van der Waals surface area contributed by atoms with Crippen LogP contribution < -0.4 is 5.32 Å². The molecular formula is C48H66ClNO6. The minimum Gasteiger partial charge on any atom is -0.481 e. The number of aliphatic carboxylic acids is 1. The van der Waals surface area contributed by atoms with Crippen molar-refractivity contribution < 1.29 is 29.0 Å². The highest BCUT2D eigenvalue weighted by molar-refractivity contribution is 6.30. The molecule has 0 aliphatic heterocycles. The van der Waals surface area contributed by atoms with Crippen molar-refractivity contribution in [2.24, 2.45) is 56.2 Å². The second-order valence-electron chi connectivity index (χ2n) is 21.4. The molecule has 0 radical (unpaired) electrons. The van der Waals surface area contributed by atoms with E-state index in [4.69, 9.17) is 16.3 Å². The summed E-state index contributed by atoms with van der Waals surface area (Å²) in [5.41, 5.74) is 1.91. The van der Waals surface area contributed by atoms with Crippen LogP contribution in [0, 0.1) is 56.2 Å². The summed E-state index contributed by atoms with van der Waals surface area (Å²) in [5.74, 6) is -0.0103. The van der Waals surface area contributed by atoms with E-state index < -0.39 is 22.8 Å². The fraction of sp³-hybridized carbons (Fsp3) is 0.708. The molecule has 2 N–H and O–H groups in total. The van der Waals surface area contributed by atoms with Crippen molar-refractivity contribution in [3.05, 3.63) is 57.6 Å². The number of carbonyl (C=O) groups is 4. The molecular weight excluding hydrogens is 722 g/mol. The van der Waals surface area contributed by atoms with E-state index >= 15 is 0 Å². The molecule has 1 aromatic carbocycles. The van der Waals surface area contributed by atoms with E-state index in [1.165, 1.54) is 5.57 Å². The van der Waals surface area contributed by atoms with Gasteiger partial charge in [0.05, 0.1) is 17.4 Å². The van der Waals surface area contributed by atoms with Gasteiger partial charge < -0.3 is 15.2 Å². The second-order valence-corrected chi connectivity index (χ2v) is 21.9. The summed E-state index contributed by atoms with van der Waals surface area (Å²) >= 11 is 6.35. The van der Waals surface area contributed by atoms with Crippen LogP contribution in [-0.2, 0) is 29.5 Å². The fourth-order valence-corrected chi connectivity index (χ4v) is 14.0. The smallest absolute Gasteiger partial charge is 0.309 e. The Bertz CT molecular complexity index is 1900. The molecule has 306 valence electrons. The van der Waals surface area contributed by atoms with Crippen LogP contribution in [0.2, 0.25) is 5.02 Å². The molecule has 0 bridgehead atoms. The predicted molar refractivity (Wildman–Crippen MR) is 220 cm³/mol. The van der Waals surface area contributed by atoms with E-state index in [1.807, 2.05) is 31.2 Å². The van der Waals surface area contributed by atoms with Gasteiger partial charge in [-0.05, 0) is 154 Å². The highest BCUT2D eigenvalue weighted by atomic mass is 35.5. The van der Waals surface area contributed by atoms with Crippen molar-refractivity contribution in [3.8, 4) is 0 Å². The number of nitrogens with one attached hydrogen (secondary N) is 1. The third-order valence-electron chi connectivity index (χ3n) is 17.2. The Morgan fingerprint density at radius 1 is 0.946 bits per heavy atom. The van der Waals surface area contributed by atoms with Crippen LogP contribution in [0.1, 0.15) is 152 Å². The largest absolute Gasteiger partial charge is 0.481 e. The van der Waals surface area contributed by atoms with Gasteiger partial charge in [-0.2, -0.15) is 0 Å². The number of carboxylic acid groups (broad SMARTS) is 1. The van der Waals surface area contributed by atoms with Crippen LogP contribution in [-0.4, -0.2) is 34.8 Å². The lowest BCUT2D eigenvalue weighted by Crippen LogP contribution is -2.65. The molecule has 1 unspecified atom stereocenters. The molecule has 8 atom stereocenters. The zero-order chi connectivity index (χ0) is 41.0. The molecule has 1 aromatic rings. The van der Waals surface area contributed by atoms with Crippen molar-refractivity contribution in [2.75, 3.05) is 0 Å². The molecule has 0 saturated heterocycles. The van der Waals surface area contributed by atoms with Gasteiger partial charge in [0.1, 0.15) is 6.10 Å². The minimum absolute atomic E-state index is 0.0159. The van der Waals surface area contributed by atoms with Crippen LogP contribution in [0.15, 0.2) is 47.1 Å². The fourth-order valence-electron chi connectivity index (χ4n) is 13.8. The first-order valence-corrected chi connectivity index (χ1v) is 21.8. The number of ether oxygens (including phenoxy) is 1. The van der Waals surface area contributed by atoms with Gasteiger partial charge in [-0.1, -0.05) is 78.3 Å². The molecule has 6 aliphatic rings. The zero-order valence-corrected chi connectivity index (χ0v) is 36.4. The first-order valence-electron chi connectivity index (χ1n) is 21.5. The number of carboxylic acids is 1. The number of halogens is 1. The molecule has 0 spiro atoms. The molecule has 6 aliphatic carbocycles. The maximum atomic E-state index is 14.2. The van der Waals surface area contributed by atoms with Gasteiger partial charge in [0, 0.05) is 27.8 Å². The van der Waals surface area contributed by atoms with E-state index in [-0.39, 0.29) is 63.2 Å². The van der Waals surface area contributed by atoms with E-state index in [0.717, 1.165) is 75.3 Å². The number of carbonyl (C=O) groups excluding carboxylic acids is 3. The van der Waals surface area contributed by atoms with Gasteiger partial charge in [-0.3, -0.25) is 19.2 Å². The third-order valence-corrected chi connectivity index (χ3v) is 17.4. The number of Topliss-reactive ketones (excluding diaryl/α,β-unsaturated/α-hetero) is 1. The van der Waals surface area contributed by atoms with Crippen molar-refractivity contribution in [1.29, 1.82) is 0 Å². The average Bonchev–Trinajstić information content (AvgIpc) is 3.81. The third kappa shape index (κ3) is 6.25. The standard InChI is InChI=1S/C48H66ClNO6/c1-28(2)38-33(51)26-47(25-29(3)40(53)50-48(22-23-48)30-12-11-13-31(49)24-30)21-20-45(9)32(39(38)47)14-15-35-44(8)18-17-36(56-37(52)27-42(4,5)41(54)55)43(6,7)34(44)16-19-46(35,45)10/h11-13,24-25,28,32,34-36H,14-23,26-27H2,1-10H3,(H,50,53)(H,54,55)/b29-25+/t32-,34+,35?,36+,44+,45-,46-,47-/m1/s1. The number of rotatable bonds is 9. The lowest BCUT2D eigenvalue weighted by Gasteiger charge is -2.72. The van der Waals surface area contributed by atoms with Crippen molar-refractivity contribution in [3.63, 3.8) is 0 Å². The minimum atomic E-state index is -1.17. The summed E-state index contributed by atoms with van der Waals surface area (Å²) in [6.45, 7) is 21.6. The zero-order valence-electron chi connectivity index (χ0n) is 35.6. The summed E-state index contributed by atoms with van der Waals surface area (Å²) in [6, 6.07) is 7.80. The Kier molecular flexibility index (Phi) is 9.99. The lowest BCUT2D eigenvalue weighted by atomic mass is 9.33.